The van der Waals surface area contributed by atoms with Gasteiger partial charge in [-0.1, -0.05) is 6.07 Å². The maximum Gasteiger partial charge on any atom is 0.134 e. The number of piperidine rings is 1. The van der Waals surface area contributed by atoms with Crippen molar-refractivity contribution in [1.29, 1.82) is 0 Å². The summed E-state index contributed by atoms with van der Waals surface area (Å²) in [4.78, 5) is 15.0. The van der Waals surface area contributed by atoms with Crippen molar-refractivity contribution in [3.63, 3.8) is 0 Å². The number of fused-ring (bicyclic) bond motifs is 1. The Morgan fingerprint density at radius 1 is 1.31 bits per heavy atom. The van der Waals surface area contributed by atoms with Crippen molar-refractivity contribution in [1.82, 2.24) is 4.90 Å². The molecule has 0 bridgehead atoms. The monoisotopic (exact) mass is 357 g/mol. The zero-order chi connectivity index (χ0) is 18.5. The van der Waals surface area contributed by atoms with E-state index in [1.807, 2.05) is 6.07 Å². The molecule has 0 spiro atoms. The Bertz CT molecular complexity index is 713. The van der Waals surface area contributed by atoms with Crippen molar-refractivity contribution in [3.05, 3.63) is 29.3 Å². The highest BCUT2D eigenvalue weighted by molar-refractivity contribution is 5.82. The van der Waals surface area contributed by atoms with Crippen molar-refractivity contribution in [2.24, 2.45) is 5.92 Å². The lowest BCUT2D eigenvalue weighted by molar-refractivity contribution is -0.164. The number of carbonyl (C=O) groups is 1. The summed E-state index contributed by atoms with van der Waals surface area (Å²) in [7, 11) is 1.67. The molecule has 1 aliphatic heterocycles. The second kappa shape index (κ2) is 6.35. The lowest BCUT2D eigenvalue weighted by Crippen LogP contribution is -2.70. The van der Waals surface area contributed by atoms with Gasteiger partial charge in [-0.15, -0.1) is 0 Å². The van der Waals surface area contributed by atoms with Crippen LogP contribution in [-0.4, -0.2) is 47.6 Å². The van der Waals surface area contributed by atoms with Crippen molar-refractivity contribution in [2.45, 2.75) is 69.4 Å². The summed E-state index contributed by atoms with van der Waals surface area (Å²) in [6.45, 7) is 6.29. The number of aryl methyl sites for hydroxylation is 1. The fraction of sp³-hybridized carbons (Fsp3) is 0.682. The van der Waals surface area contributed by atoms with Gasteiger partial charge < -0.3 is 9.84 Å². The van der Waals surface area contributed by atoms with E-state index < -0.39 is 11.0 Å². The first-order valence-electron chi connectivity index (χ1n) is 10.0. The van der Waals surface area contributed by atoms with Gasteiger partial charge >= 0.3 is 0 Å². The summed E-state index contributed by atoms with van der Waals surface area (Å²) in [6, 6.07) is 6.15. The van der Waals surface area contributed by atoms with Crippen LogP contribution in [0.4, 0.5) is 0 Å². The van der Waals surface area contributed by atoms with Gasteiger partial charge in [0, 0.05) is 30.8 Å². The predicted octanol–water partition coefficient (Wildman–Crippen LogP) is 3.23. The normalized spacial score (nSPS) is 35.2. The van der Waals surface area contributed by atoms with Crippen LogP contribution in [0.15, 0.2) is 18.2 Å². The number of nitrogens with zero attached hydrogens (tertiary/aromatic N) is 1. The molecule has 1 N–H and O–H groups in total. The maximum absolute atomic E-state index is 12.5. The summed E-state index contributed by atoms with van der Waals surface area (Å²) in [5.74, 6) is 1.88. The minimum absolute atomic E-state index is 0.0653. The lowest BCUT2D eigenvalue weighted by atomic mass is 9.53. The molecule has 3 aliphatic rings. The molecular weight excluding hydrogens is 326 g/mol. The third-order valence-corrected chi connectivity index (χ3v) is 7.33. The molecule has 0 radical (unpaired) electrons. The van der Waals surface area contributed by atoms with E-state index in [4.69, 9.17) is 4.74 Å². The highest BCUT2D eigenvalue weighted by atomic mass is 16.5. The van der Waals surface area contributed by atoms with Gasteiger partial charge in [0.2, 0.25) is 0 Å². The largest absolute Gasteiger partial charge is 0.497 e. The molecule has 3 fully saturated rings. The molecule has 0 aromatic heterocycles. The number of aliphatic hydroxyl groups is 1. The van der Waals surface area contributed by atoms with E-state index in [1.54, 1.807) is 7.11 Å². The van der Waals surface area contributed by atoms with Gasteiger partial charge in [-0.2, -0.15) is 0 Å². The molecular formula is C22H31NO3. The number of ketones is 1. The number of methoxy groups -OCH3 is 1. The molecule has 3 unspecified atom stereocenters. The molecule has 0 amide bonds. The number of Topliss-reactive ketones (excluding diaryl/α,β-unsaturated/α-hetero) is 1. The van der Waals surface area contributed by atoms with Crippen LogP contribution in [0.5, 0.6) is 5.75 Å². The van der Waals surface area contributed by atoms with E-state index in [0.29, 0.717) is 19.3 Å². The first kappa shape index (κ1) is 18.0. The minimum Gasteiger partial charge on any atom is -0.497 e. The van der Waals surface area contributed by atoms with Gasteiger partial charge in [-0.05, 0) is 75.3 Å². The van der Waals surface area contributed by atoms with E-state index in [1.165, 1.54) is 12.8 Å². The topological polar surface area (TPSA) is 49.8 Å². The predicted molar refractivity (Wildman–Crippen MR) is 102 cm³/mol. The van der Waals surface area contributed by atoms with E-state index in [9.17, 15) is 9.90 Å². The molecule has 1 aromatic carbocycles. The summed E-state index contributed by atoms with van der Waals surface area (Å²) in [6.07, 6.45) is 4.97. The fourth-order valence-electron chi connectivity index (χ4n) is 5.48. The first-order valence-corrected chi connectivity index (χ1v) is 10.0. The number of rotatable bonds is 4. The molecule has 2 saturated carbocycles. The lowest BCUT2D eigenvalue weighted by Gasteiger charge is -2.60. The Hall–Kier alpha value is -1.39. The summed E-state index contributed by atoms with van der Waals surface area (Å²) in [5, 5.41) is 12.0. The molecule has 26 heavy (non-hydrogen) atoms. The van der Waals surface area contributed by atoms with Gasteiger partial charge in [0.25, 0.3) is 0 Å². The second-order valence-electron chi connectivity index (χ2n) is 8.77. The Morgan fingerprint density at radius 3 is 2.77 bits per heavy atom. The number of ether oxygens (including phenoxy) is 1. The zero-order valence-corrected chi connectivity index (χ0v) is 16.3. The SMILES string of the molecule is COc1ccc(C)c(C23CCN(CC4CC4)C(C)C2(O)CCC(=O)C3)c1. The third kappa shape index (κ3) is 2.69. The molecule has 142 valence electrons. The van der Waals surface area contributed by atoms with Gasteiger partial charge in [0.15, 0.2) is 0 Å². The first-order chi connectivity index (χ1) is 12.4. The average Bonchev–Trinajstić information content (AvgIpc) is 3.44. The Morgan fingerprint density at radius 2 is 2.08 bits per heavy atom. The molecule has 4 nitrogen and oxygen atoms in total. The van der Waals surface area contributed by atoms with Crippen LogP contribution in [0.1, 0.15) is 56.6 Å². The Labute approximate surface area is 156 Å². The molecule has 4 heteroatoms. The van der Waals surface area contributed by atoms with Crippen molar-refractivity contribution < 1.29 is 14.6 Å². The smallest absolute Gasteiger partial charge is 0.134 e. The maximum atomic E-state index is 12.5. The Balaban J connectivity index is 1.79. The summed E-state index contributed by atoms with van der Waals surface area (Å²) >= 11 is 0. The fourth-order valence-corrected chi connectivity index (χ4v) is 5.48. The van der Waals surface area contributed by atoms with E-state index in [0.717, 1.165) is 42.3 Å². The van der Waals surface area contributed by atoms with Gasteiger partial charge in [0.1, 0.15) is 11.5 Å². The van der Waals surface area contributed by atoms with Crippen molar-refractivity contribution in [2.75, 3.05) is 20.2 Å². The number of hydrogen-bond donors (Lipinski definition) is 1. The molecule has 4 rings (SSSR count). The average molecular weight is 357 g/mol. The number of benzene rings is 1. The van der Waals surface area contributed by atoms with Crippen LogP contribution in [0.25, 0.3) is 0 Å². The van der Waals surface area contributed by atoms with Crippen LogP contribution >= 0.6 is 0 Å². The quantitative estimate of drug-likeness (QED) is 0.899. The van der Waals surface area contributed by atoms with E-state index in [-0.39, 0.29) is 11.8 Å². The molecule has 1 heterocycles. The summed E-state index contributed by atoms with van der Waals surface area (Å²) in [5.41, 5.74) is 0.873. The highest BCUT2D eigenvalue weighted by Crippen LogP contribution is 2.54. The van der Waals surface area contributed by atoms with Gasteiger partial charge in [0.05, 0.1) is 12.7 Å². The van der Waals surface area contributed by atoms with Crippen LogP contribution in [-0.2, 0) is 10.2 Å². The number of likely N-dealkylation sites (tertiary alicyclic amines) is 1. The minimum atomic E-state index is -0.870. The highest BCUT2D eigenvalue weighted by Gasteiger charge is 2.61. The van der Waals surface area contributed by atoms with E-state index in [2.05, 4.69) is 30.9 Å². The molecule has 1 aromatic rings. The molecule has 2 aliphatic carbocycles. The number of hydrogen-bond acceptors (Lipinski definition) is 4. The van der Waals surface area contributed by atoms with E-state index >= 15 is 0 Å². The zero-order valence-electron chi connectivity index (χ0n) is 16.3. The standard InChI is InChI=1S/C22H31NO3/c1-15-4-7-19(26-3)12-20(15)21-10-11-23(14-17-5-6-17)16(2)22(21,25)9-8-18(24)13-21/h4,7,12,16-17,25H,5-6,8-11,13-14H2,1-3H3. The van der Waals surface area contributed by atoms with Crippen LogP contribution < -0.4 is 4.74 Å². The van der Waals surface area contributed by atoms with Crippen LogP contribution in [0.3, 0.4) is 0 Å². The van der Waals surface area contributed by atoms with Crippen LogP contribution in [0, 0.1) is 12.8 Å². The molecule has 3 atom stereocenters. The van der Waals surface area contributed by atoms with Crippen LogP contribution in [0.2, 0.25) is 0 Å². The van der Waals surface area contributed by atoms with Gasteiger partial charge in [-0.25, -0.2) is 0 Å². The number of carbonyl (C=O) groups excluding carboxylic acids is 1. The van der Waals surface area contributed by atoms with Gasteiger partial charge in [-0.3, -0.25) is 9.69 Å². The summed E-state index contributed by atoms with van der Waals surface area (Å²) < 4.78 is 5.47. The molecule has 1 saturated heterocycles. The van der Waals surface area contributed by atoms with Crippen molar-refractivity contribution in [3.8, 4) is 5.75 Å². The third-order valence-electron chi connectivity index (χ3n) is 7.33. The second-order valence-corrected chi connectivity index (χ2v) is 8.77. The van der Waals surface area contributed by atoms with Crippen molar-refractivity contribution >= 4 is 5.78 Å². The Kier molecular flexibility index (Phi) is 4.39.